The lowest BCUT2D eigenvalue weighted by Crippen LogP contribution is -2.48. The zero-order chi connectivity index (χ0) is 21.9. The number of thiazole rings is 1. The number of amides is 1. The van der Waals surface area contributed by atoms with Crippen molar-refractivity contribution in [1.29, 1.82) is 0 Å². The normalized spacial score (nSPS) is 14.6. The van der Waals surface area contributed by atoms with Gasteiger partial charge in [-0.1, -0.05) is 60.7 Å². The Hall–Kier alpha value is -3.29. The third-order valence-electron chi connectivity index (χ3n) is 5.81. The Morgan fingerprint density at radius 1 is 0.906 bits per heavy atom. The first-order valence-corrected chi connectivity index (χ1v) is 11.7. The summed E-state index contributed by atoms with van der Waals surface area (Å²) in [6, 6.07) is 22.1. The summed E-state index contributed by atoms with van der Waals surface area (Å²) in [6.45, 7) is 3.93. The van der Waals surface area contributed by atoms with Crippen molar-refractivity contribution >= 4 is 17.2 Å². The summed E-state index contributed by atoms with van der Waals surface area (Å²) in [7, 11) is 1.84. The molecule has 1 fully saturated rings. The monoisotopic (exact) mass is 443 g/mol. The predicted octanol–water partition coefficient (Wildman–Crippen LogP) is 4.17. The number of nitrogens with zero attached hydrogens (tertiary/aromatic N) is 5. The van der Waals surface area contributed by atoms with Gasteiger partial charge in [-0.15, -0.1) is 11.3 Å². The Kier molecular flexibility index (Phi) is 5.83. The van der Waals surface area contributed by atoms with Crippen LogP contribution in [0.3, 0.4) is 0 Å². The Balaban J connectivity index is 1.20. The number of benzene rings is 2. The minimum absolute atomic E-state index is 0.0439. The number of rotatable bonds is 5. The molecule has 7 heteroatoms. The molecule has 0 saturated carbocycles. The number of carbonyl (C=O) groups is 1. The van der Waals surface area contributed by atoms with Gasteiger partial charge in [0.25, 0.3) is 5.91 Å². The molecule has 0 aliphatic carbocycles. The van der Waals surface area contributed by atoms with E-state index in [0.29, 0.717) is 18.8 Å². The second-order valence-electron chi connectivity index (χ2n) is 7.97. The lowest BCUT2D eigenvalue weighted by Gasteiger charge is -2.34. The van der Waals surface area contributed by atoms with E-state index in [1.807, 2.05) is 66.5 Å². The van der Waals surface area contributed by atoms with Gasteiger partial charge in [0.1, 0.15) is 10.7 Å². The highest BCUT2D eigenvalue weighted by molar-refractivity contribution is 7.09. The van der Waals surface area contributed by atoms with Gasteiger partial charge in [-0.2, -0.15) is 5.10 Å². The largest absolute Gasteiger partial charge is 0.335 e. The summed E-state index contributed by atoms with van der Waals surface area (Å²) in [5.74, 6) is 0.0439. The topological polar surface area (TPSA) is 54.3 Å². The van der Waals surface area contributed by atoms with E-state index in [4.69, 9.17) is 4.98 Å². The van der Waals surface area contributed by atoms with Crippen LogP contribution < -0.4 is 0 Å². The molecule has 162 valence electrons. The molecule has 0 N–H and O–H groups in total. The summed E-state index contributed by atoms with van der Waals surface area (Å²) >= 11 is 1.70. The van der Waals surface area contributed by atoms with E-state index >= 15 is 0 Å². The van der Waals surface area contributed by atoms with Gasteiger partial charge in [-0.3, -0.25) is 14.4 Å². The van der Waals surface area contributed by atoms with Gasteiger partial charge in [0.15, 0.2) is 0 Å². The van der Waals surface area contributed by atoms with E-state index in [1.165, 1.54) is 0 Å². The van der Waals surface area contributed by atoms with Crippen molar-refractivity contribution in [3.05, 3.63) is 82.8 Å². The van der Waals surface area contributed by atoms with Crippen LogP contribution in [0.5, 0.6) is 0 Å². The van der Waals surface area contributed by atoms with E-state index in [2.05, 4.69) is 27.5 Å². The lowest BCUT2D eigenvalue weighted by molar-refractivity contribution is 0.0617. The second kappa shape index (κ2) is 9.06. The van der Waals surface area contributed by atoms with Gasteiger partial charge in [0.2, 0.25) is 0 Å². The first-order valence-electron chi connectivity index (χ1n) is 10.8. The average molecular weight is 444 g/mol. The average Bonchev–Trinajstić information content (AvgIpc) is 3.47. The number of hydrogen-bond acceptors (Lipinski definition) is 5. The highest BCUT2D eigenvalue weighted by Gasteiger charge is 2.25. The zero-order valence-electron chi connectivity index (χ0n) is 18.0. The Bertz CT molecular complexity index is 1190. The van der Waals surface area contributed by atoms with Gasteiger partial charge in [-0.05, 0) is 6.07 Å². The molecule has 5 rings (SSSR count). The smallest absolute Gasteiger partial charge is 0.272 e. The van der Waals surface area contributed by atoms with Crippen molar-refractivity contribution in [1.82, 2.24) is 24.6 Å². The third-order valence-corrected chi connectivity index (χ3v) is 6.64. The third kappa shape index (κ3) is 4.35. The Morgan fingerprint density at radius 3 is 2.19 bits per heavy atom. The molecule has 1 aliphatic heterocycles. The van der Waals surface area contributed by atoms with Crippen molar-refractivity contribution in [2.75, 3.05) is 26.2 Å². The van der Waals surface area contributed by atoms with Crippen LogP contribution in [0.2, 0.25) is 0 Å². The number of carbonyl (C=O) groups excluding carboxylic acids is 1. The Morgan fingerprint density at radius 2 is 1.53 bits per heavy atom. The number of piperazine rings is 1. The van der Waals surface area contributed by atoms with Crippen LogP contribution in [0.4, 0.5) is 0 Å². The number of aryl methyl sites for hydroxylation is 1. The quantitative estimate of drug-likeness (QED) is 0.465. The van der Waals surface area contributed by atoms with Gasteiger partial charge in [0.05, 0.1) is 17.9 Å². The molecule has 0 bridgehead atoms. The summed E-state index contributed by atoms with van der Waals surface area (Å²) in [6.07, 6.45) is 0. The molecule has 6 nitrogen and oxygen atoms in total. The highest BCUT2D eigenvalue weighted by atomic mass is 32.1. The first-order chi connectivity index (χ1) is 15.7. The minimum atomic E-state index is 0.0439. The number of hydrogen-bond donors (Lipinski definition) is 0. The van der Waals surface area contributed by atoms with Crippen LogP contribution in [0.15, 0.2) is 72.1 Å². The fraction of sp³-hybridized carbons (Fsp3) is 0.240. The minimum Gasteiger partial charge on any atom is -0.335 e. The summed E-state index contributed by atoms with van der Waals surface area (Å²) in [4.78, 5) is 22.2. The number of aromatic nitrogens is 3. The molecule has 0 spiro atoms. The molecule has 1 aliphatic rings. The maximum absolute atomic E-state index is 13.1. The molecule has 1 amide bonds. The van der Waals surface area contributed by atoms with Crippen LogP contribution in [0.1, 0.15) is 15.5 Å². The molecule has 0 unspecified atom stereocenters. The van der Waals surface area contributed by atoms with Crippen LogP contribution >= 0.6 is 11.3 Å². The first kappa shape index (κ1) is 20.6. The van der Waals surface area contributed by atoms with Crippen LogP contribution in [0.25, 0.3) is 22.5 Å². The molecule has 0 atom stereocenters. The molecule has 4 aromatic rings. The molecule has 3 heterocycles. The van der Waals surface area contributed by atoms with Crippen LogP contribution in [0, 0.1) is 0 Å². The summed E-state index contributed by atoms with van der Waals surface area (Å²) in [5.41, 5.74) is 4.66. The van der Waals surface area contributed by atoms with Gasteiger partial charge in [-0.25, -0.2) is 4.98 Å². The van der Waals surface area contributed by atoms with Gasteiger partial charge in [0, 0.05) is 49.7 Å². The van der Waals surface area contributed by atoms with Gasteiger partial charge >= 0.3 is 0 Å². The Labute approximate surface area is 191 Å². The lowest BCUT2D eigenvalue weighted by atomic mass is 10.1. The van der Waals surface area contributed by atoms with E-state index in [1.54, 1.807) is 16.0 Å². The van der Waals surface area contributed by atoms with Crippen molar-refractivity contribution < 1.29 is 4.79 Å². The molecule has 2 aromatic carbocycles. The van der Waals surface area contributed by atoms with E-state index in [9.17, 15) is 4.79 Å². The van der Waals surface area contributed by atoms with Crippen LogP contribution in [-0.4, -0.2) is 56.7 Å². The zero-order valence-corrected chi connectivity index (χ0v) is 18.8. The highest BCUT2D eigenvalue weighted by Crippen LogP contribution is 2.23. The molecule has 32 heavy (non-hydrogen) atoms. The molecular formula is C25H25N5OS. The SMILES string of the molecule is Cn1nc(-c2ccccc2)cc1C(=O)N1CCN(Cc2nc(-c3ccccc3)cs2)CC1. The van der Waals surface area contributed by atoms with E-state index in [-0.39, 0.29) is 5.91 Å². The van der Waals surface area contributed by atoms with Gasteiger partial charge < -0.3 is 4.90 Å². The summed E-state index contributed by atoms with van der Waals surface area (Å²) < 4.78 is 1.69. The standard InChI is InChI=1S/C25H25N5OS/c1-28-23(16-21(27-28)19-8-4-2-5-9-19)25(31)30-14-12-29(13-15-30)17-24-26-22(18-32-24)20-10-6-3-7-11-20/h2-11,16,18H,12-15,17H2,1H3. The fourth-order valence-electron chi connectivity index (χ4n) is 4.00. The molecule has 1 saturated heterocycles. The predicted molar refractivity (Wildman–Crippen MR) is 127 cm³/mol. The molecular weight excluding hydrogens is 418 g/mol. The molecule has 2 aromatic heterocycles. The maximum atomic E-state index is 13.1. The second-order valence-corrected chi connectivity index (χ2v) is 8.91. The van der Waals surface area contributed by atoms with Crippen LogP contribution in [-0.2, 0) is 13.6 Å². The van der Waals surface area contributed by atoms with E-state index in [0.717, 1.165) is 47.2 Å². The van der Waals surface area contributed by atoms with Crippen molar-refractivity contribution in [3.8, 4) is 22.5 Å². The van der Waals surface area contributed by atoms with Crippen molar-refractivity contribution in [2.24, 2.45) is 7.05 Å². The van der Waals surface area contributed by atoms with E-state index < -0.39 is 0 Å². The molecule has 0 radical (unpaired) electrons. The van der Waals surface area contributed by atoms with Crippen molar-refractivity contribution in [3.63, 3.8) is 0 Å². The summed E-state index contributed by atoms with van der Waals surface area (Å²) in [5, 5.41) is 7.78. The maximum Gasteiger partial charge on any atom is 0.272 e. The fourth-order valence-corrected chi connectivity index (χ4v) is 4.85. The van der Waals surface area contributed by atoms with Crippen molar-refractivity contribution in [2.45, 2.75) is 6.54 Å².